The number of hydrogen-bond acceptors (Lipinski definition) is 7. The van der Waals surface area contributed by atoms with Crippen LogP contribution in [0, 0.1) is 0 Å². The van der Waals surface area contributed by atoms with E-state index in [-0.39, 0.29) is 22.3 Å². The van der Waals surface area contributed by atoms with Gasteiger partial charge < -0.3 is 9.97 Å². The molecule has 1 fully saturated rings. The molecule has 0 saturated carbocycles. The highest BCUT2D eigenvalue weighted by molar-refractivity contribution is 6.82. The number of benzene rings is 21. The third-order valence-electron chi connectivity index (χ3n) is 35.7. The molecule has 3 aromatic heterocycles. The molecule has 520 valence electrons. The van der Waals surface area contributed by atoms with E-state index in [0.717, 1.165) is 50.3 Å². The van der Waals surface area contributed by atoms with E-state index >= 15 is 0 Å². The van der Waals surface area contributed by atoms with Crippen LogP contribution in [0.25, 0.3) is 381 Å². The maximum Gasteiger partial charge on any atom is 0.164 e. The second-order valence-corrected chi connectivity index (χ2v) is 42.2. The van der Waals surface area contributed by atoms with E-state index in [1.54, 1.807) is 313 Å². The predicted molar refractivity (Wildman–Crippen MR) is 481 cm³/mol. The molecular formula is C107H47N9. The molecule has 32 aromatic carbocycles. The number of rotatable bonds is 1. The highest BCUT2D eigenvalue weighted by atomic mass is 15.2. The van der Waals surface area contributed by atoms with Crippen LogP contribution in [0.3, 0.4) is 0 Å². The normalized spacial score (nSPS) is 19.9. The second-order valence-electron chi connectivity index (χ2n) is 42.2. The largest absolute Gasteiger partial charge is 0.324 e. The fourth-order valence-electron chi connectivity index (χ4n) is 32.9. The lowest BCUT2D eigenvalue weighted by molar-refractivity contribution is 0.272. The minimum absolute atomic E-state index is 0.119. The molecule has 42 rings (SSSR count). The van der Waals surface area contributed by atoms with Gasteiger partial charge in [0.2, 0.25) is 0 Å². The first kappa shape index (κ1) is 52.1. The number of aromatic nitrogens is 8. The Labute approximate surface area is 647 Å². The zero-order valence-electron chi connectivity index (χ0n) is 63.8. The lowest BCUT2D eigenvalue weighted by Gasteiger charge is -2.50. The van der Waals surface area contributed by atoms with Gasteiger partial charge in [0, 0.05) is 56.4 Å². The van der Waals surface area contributed by atoms with Gasteiger partial charge in [0.05, 0.1) is 10.8 Å². The number of fused-ring (bicyclic) bond motifs is 20. The minimum Gasteiger partial charge on any atom is -0.324 e. The van der Waals surface area contributed by atoms with Gasteiger partial charge in [0.15, 0.2) is 23.3 Å². The summed E-state index contributed by atoms with van der Waals surface area (Å²) in [5.74, 6) is 2.49. The van der Waals surface area contributed by atoms with Crippen LogP contribution in [0.1, 0.15) is 113 Å². The van der Waals surface area contributed by atoms with E-state index in [9.17, 15) is 0 Å². The van der Waals surface area contributed by atoms with E-state index < -0.39 is 10.8 Å². The number of hydrogen-bond donors (Lipinski definition) is 2. The van der Waals surface area contributed by atoms with Crippen molar-refractivity contribution >= 4 is 335 Å². The van der Waals surface area contributed by atoms with Crippen LogP contribution in [0.4, 0.5) is 0 Å². The Hall–Kier alpha value is -13.3. The summed E-state index contributed by atoms with van der Waals surface area (Å²) in [5, 5.41) is 91.4. The molecule has 1 saturated heterocycles. The lowest BCUT2D eigenvalue weighted by atomic mass is 9.49. The van der Waals surface area contributed by atoms with Crippen LogP contribution in [0.15, 0.2) is 72.8 Å². The standard InChI is InChI=1S/C107H47N9/c1-103(2,3)25-12-16-29-33(20-25)101-111-96(29)109-99-32-19-24(11-15-28(32)95(108-99)110-100-34-21-26(104(4,5)6)13-17-30(34)97(112-100)114-102-35-22-27(105(7,8)9)14-18-31(35)98(113-101)115-102)94-107-92-85-77-65-57-48-39-37-36-38-42(39)51-58-56-47(38)49-45-40(36)43-44-41(37)46-50(48)63(65)71-69-55(46)53(44)61-60-52(43)54(45)68-70-62(49)64(56)76-78-66(58)67(59(51)57)79(77)88(92)87(78)90-83(76)81(70)84-74(68)72(60)80-73(61)75(69)86(82(71)85)93(107)89(80)91(84)106(90,107)23-116(94)10/h11-22,94H,23H2,1-10H3,(H2,108,109,110,111,112,113,114,115). The van der Waals surface area contributed by atoms with Crippen molar-refractivity contribution in [2.75, 3.05) is 13.6 Å². The quantitative estimate of drug-likeness (QED) is 0.157. The molecule has 116 heavy (non-hydrogen) atoms. The molecule has 0 radical (unpaired) electrons. The Morgan fingerprint density at radius 1 is 0.259 bits per heavy atom. The molecule has 9 heteroatoms. The van der Waals surface area contributed by atoms with E-state index in [2.05, 4.69) is 157 Å². The van der Waals surface area contributed by atoms with Crippen LogP contribution in [-0.2, 0) is 27.1 Å². The van der Waals surface area contributed by atoms with Gasteiger partial charge in [-0.15, -0.1) is 0 Å². The number of aromatic amines is 2. The van der Waals surface area contributed by atoms with Gasteiger partial charge in [-0.3, -0.25) is 4.90 Å². The SMILES string of the molecule is CN1CC23c4c5c6c7c8c9c(c%10c%11c2c2c%12c4c4c%13c5c5c7c7c8c8c%14c9c%10c9c%10c%11c2c2c%11c%12c4c4c%12c%13c5c5c7c7c8c8c%14c9c9c%10c2c2c%11c4c4c%12c5c7c5c8c9c2c45)C63C1c1ccc2c(c1)-c1nc-2nc2[nH]c(nc3nc(nc4[nH]c(n1)c1ccc(C(C)(C)C)cc41)-c1ccc(C(C)(C)C)cc1-3)c1ccc(C(C)(C)C)cc21. The van der Waals surface area contributed by atoms with E-state index in [4.69, 9.17) is 29.9 Å². The van der Waals surface area contributed by atoms with Crippen molar-refractivity contribution in [2.24, 2.45) is 0 Å². The summed E-state index contributed by atoms with van der Waals surface area (Å²) in [5.41, 5.74) is 17.0. The minimum atomic E-state index is -0.574. The molecular weight excluding hydrogens is 1410 g/mol. The van der Waals surface area contributed by atoms with Gasteiger partial charge in [-0.25, -0.2) is 29.9 Å². The van der Waals surface area contributed by atoms with Crippen LogP contribution in [0.5, 0.6) is 0 Å². The zero-order valence-corrected chi connectivity index (χ0v) is 63.8. The number of nitrogens with zero attached hydrogens (tertiary/aromatic N) is 7. The van der Waals surface area contributed by atoms with Gasteiger partial charge in [0.1, 0.15) is 22.6 Å². The van der Waals surface area contributed by atoms with E-state index in [1.807, 2.05) is 0 Å². The molecule has 0 amide bonds. The van der Waals surface area contributed by atoms with Crippen LogP contribution >= 0.6 is 0 Å². The molecule has 35 aromatic rings. The third-order valence-corrected chi connectivity index (χ3v) is 35.7. The number of nitrogens with one attached hydrogen (secondary N) is 2. The highest BCUT2D eigenvalue weighted by Gasteiger charge is 2.76. The van der Waals surface area contributed by atoms with Crippen molar-refractivity contribution in [1.82, 2.24) is 44.8 Å². The van der Waals surface area contributed by atoms with Gasteiger partial charge in [-0.05, 0) is 383 Å². The second kappa shape index (κ2) is 13.4. The Morgan fingerprint density at radius 2 is 0.509 bits per heavy atom. The number of H-pyrrole nitrogens is 2. The monoisotopic (exact) mass is 1460 g/mol. The maximum absolute atomic E-state index is 5.98. The van der Waals surface area contributed by atoms with Crippen molar-refractivity contribution < 1.29 is 0 Å². The Bertz CT molecular complexity index is 11100. The molecule has 4 aliphatic carbocycles. The summed E-state index contributed by atoms with van der Waals surface area (Å²) in [4.78, 5) is 45.2. The van der Waals surface area contributed by atoms with Crippen molar-refractivity contribution in [3.05, 3.63) is 117 Å². The van der Waals surface area contributed by atoms with E-state index in [1.165, 1.54) is 22.3 Å². The van der Waals surface area contributed by atoms with E-state index in [0.29, 0.717) is 45.9 Å². The molecule has 9 nitrogen and oxygen atoms in total. The first-order chi connectivity index (χ1) is 56.5. The van der Waals surface area contributed by atoms with Gasteiger partial charge >= 0.3 is 0 Å². The topological polar surface area (TPSA) is 112 Å². The Balaban J connectivity index is 0.694. The fraction of sp³-hybridized carbons (Fsp3) is 0.159. The van der Waals surface area contributed by atoms with Gasteiger partial charge in [-0.2, -0.15) is 0 Å². The Morgan fingerprint density at radius 3 is 0.871 bits per heavy atom. The third kappa shape index (κ3) is 3.80. The predicted octanol–water partition coefficient (Wildman–Crippen LogP) is 27.1. The molecule has 3 atom stereocenters. The van der Waals surface area contributed by atoms with Gasteiger partial charge in [-0.1, -0.05) is 111 Å². The first-order valence-electron chi connectivity index (χ1n) is 42.3. The summed E-state index contributed by atoms with van der Waals surface area (Å²) >= 11 is 0. The average molecular weight is 1460 g/mol. The molecule has 7 aliphatic rings. The summed E-state index contributed by atoms with van der Waals surface area (Å²) in [7, 11) is 2.57. The Kier molecular flexibility index (Phi) is 6.00. The van der Waals surface area contributed by atoms with Crippen molar-refractivity contribution in [1.29, 1.82) is 0 Å². The average Bonchev–Trinajstić information content (AvgIpc) is 1.38. The summed E-state index contributed by atoms with van der Waals surface area (Å²) < 4.78 is 0. The molecule has 2 spiro atoms. The summed E-state index contributed by atoms with van der Waals surface area (Å²) in [6.07, 6.45) is 0. The molecule has 3 unspecified atom stereocenters. The van der Waals surface area contributed by atoms with Crippen LogP contribution < -0.4 is 0 Å². The summed E-state index contributed by atoms with van der Waals surface area (Å²) in [6, 6.07) is 27.9. The molecule has 6 heterocycles. The highest BCUT2D eigenvalue weighted by Crippen LogP contribution is 2.87. The fourth-order valence-corrected chi connectivity index (χ4v) is 32.9. The first-order valence-corrected chi connectivity index (χ1v) is 42.3. The number of likely N-dealkylation sites (N-methyl/N-ethyl adjacent to an activating group) is 1. The van der Waals surface area contributed by atoms with Crippen molar-refractivity contribution in [2.45, 2.75) is 95.4 Å². The van der Waals surface area contributed by atoms with Gasteiger partial charge in [0.25, 0.3) is 0 Å². The molecule has 3 aliphatic heterocycles. The van der Waals surface area contributed by atoms with Crippen molar-refractivity contribution in [3.63, 3.8) is 0 Å². The maximum atomic E-state index is 5.98. The van der Waals surface area contributed by atoms with Crippen molar-refractivity contribution in [3.8, 4) is 45.6 Å². The number of likely N-dealkylation sites (tertiary alicyclic amines) is 1. The lowest BCUT2D eigenvalue weighted by Crippen LogP contribution is -2.50. The van der Waals surface area contributed by atoms with Crippen LogP contribution in [-0.4, -0.2) is 58.4 Å². The summed E-state index contributed by atoms with van der Waals surface area (Å²) in [6.45, 7) is 21.5. The molecule has 8 bridgehead atoms. The zero-order chi connectivity index (χ0) is 73.5. The smallest absolute Gasteiger partial charge is 0.164 e. The molecule has 2 N–H and O–H groups in total. The van der Waals surface area contributed by atoms with Crippen LogP contribution in [0.2, 0.25) is 0 Å².